The van der Waals surface area contributed by atoms with Crippen LogP contribution >= 0.6 is 0 Å². The maximum absolute atomic E-state index is 12.5. The second-order valence-electron chi connectivity index (χ2n) is 5.49. The van der Waals surface area contributed by atoms with E-state index in [1.54, 1.807) is 0 Å². The van der Waals surface area contributed by atoms with Crippen molar-refractivity contribution >= 4 is 17.4 Å². The Kier molecular flexibility index (Phi) is 3.98. The standard InChI is InChI=1S/C17H15F3N2O/c18-17(19,20)13-5-8-14(9-6-13)21-16(23)22-15-7-4-11-2-1-3-12(11)10-15/h4-10H,1-3H2,(H2,21,22,23). The molecule has 120 valence electrons. The van der Waals surface area contributed by atoms with Gasteiger partial charge in [-0.25, -0.2) is 4.79 Å². The lowest BCUT2D eigenvalue weighted by atomic mass is 10.1. The molecule has 0 fully saturated rings. The maximum atomic E-state index is 12.5. The molecule has 2 aromatic carbocycles. The van der Waals surface area contributed by atoms with Gasteiger partial charge in [-0.2, -0.15) is 13.2 Å². The molecule has 0 saturated carbocycles. The summed E-state index contributed by atoms with van der Waals surface area (Å²) in [6.07, 6.45) is -1.19. The third-order valence-corrected chi connectivity index (χ3v) is 3.83. The summed E-state index contributed by atoms with van der Waals surface area (Å²) in [5.74, 6) is 0. The van der Waals surface area contributed by atoms with Crippen LogP contribution in [0.15, 0.2) is 42.5 Å². The number of hydrogen-bond donors (Lipinski definition) is 2. The minimum atomic E-state index is -4.38. The van der Waals surface area contributed by atoms with Crippen LogP contribution in [-0.2, 0) is 19.0 Å². The molecular weight excluding hydrogens is 305 g/mol. The topological polar surface area (TPSA) is 41.1 Å². The Morgan fingerprint density at radius 3 is 2.17 bits per heavy atom. The summed E-state index contributed by atoms with van der Waals surface area (Å²) >= 11 is 0. The molecule has 0 radical (unpaired) electrons. The first-order valence-corrected chi connectivity index (χ1v) is 7.29. The minimum Gasteiger partial charge on any atom is -0.308 e. The van der Waals surface area contributed by atoms with E-state index in [-0.39, 0.29) is 0 Å². The molecule has 1 aliphatic carbocycles. The Balaban J connectivity index is 1.63. The lowest BCUT2D eigenvalue weighted by Gasteiger charge is -2.10. The van der Waals surface area contributed by atoms with E-state index in [9.17, 15) is 18.0 Å². The predicted octanol–water partition coefficient (Wildman–Crippen LogP) is 4.84. The second-order valence-corrected chi connectivity index (χ2v) is 5.49. The third-order valence-electron chi connectivity index (χ3n) is 3.83. The lowest BCUT2D eigenvalue weighted by Crippen LogP contribution is -2.19. The van der Waals surface area contributed by atoms with Gasteiger partial charge < -0.3 is 10.6 Å². The van der Waals surface area contributed by atoms with Crippen LogP contribution in [0.25, 0.3) is 0 Å². The van der Waals surface area contributed by atoms with Crippen LogP contribution in [0.4, 0.5) is 29.3 Å². The van der Waals surface area contributed by atoms with Crippen LogP contribution in [0.3, 0.4) is 0 Å². The number of carbonyl (C=O) groups excluding carboxylic acids is 1. The van der Waals surface area contributed by atoms with Crippen molar-refractivity contribution in [2.24, 2.45) is 0 Å². The van der Waals surface area contributed by atoms with E-state index in [2.05, 4.69) is 10.6 Å². The van der Waals surface area contributed by atoms with Crippen molar-refractivity contribution in [3.05, 3.63) is 59.2 Å². The molecule has 2 aromatic rings. The van der Waals surface area contributed by atoms with Gasteiger partial charge in [0.2, 0.25) is 0 Å². The zero-order valence-electron chi connectivity index (χ0n) is 12.2. The fourth-order valence-electron chi connectivity index (χ4n) is 2.69. The quantitative estimate of drug-likeness (QED) is 0.817. The van der Waals surface area contributed by atoms with Crippen molar-refractivity contribution in [1.82, 2.24) is 0 Å². The number of urea groups is 1. The Labute approximate surface area is 131 Å². The van der Waals surface area contributed by atoms with Gasteiger partial charge in [-0.05, 0) is 66.8 Å². The zero-order valence-corrected chi connectivity index (χ0v) is 12.2. The highest BCUT2D eigenvalue weighted by Gasteiger charge is 2.29. The number of fused-ring (bicyclic) bond motifs is 1. The summed E-state index contributed by atoms with van der Waals surface area (Å²) in [4.78, 5) is 11.9. The van der Waals surface area contributed by atoms with Crippen molar-refractivity contribution in [3.63, 3.8) is 0 Å². The van der Waals surface area contributed by atoms with Crippen LogP contribution in [0, 0.1) is 0 Å². The Morgan fingerprint density at radius 2 is 1.48 bits per heavy atom. The highest BCUT2D eigenvalue weighted by molar-refractivity contribution is 5.99. The van der Waals surface area contributed by atoms with Crippen LogP contribution in [0.2, 0.25) is 0 Å². The van der Waals surface area contributed by atoms with Gasteiger partial charge in [-0.3, -0.25) is 0 Å². The highest BCUT2D eigenvalue weighted by atomic mass is 19.4. The summed E-state index contributed by atoms with van der Waals surface area (Å²) in [6.45, 7) is 0. The number of benzene rings is 2. The van der Waals surface area contributed by atoms with E-state index in [0.717, 1.165) is 31.4 Å². The van der Waals surface area contributed by atoms with Gasteiger partial charge in [0.25, 0.3) is 0 Å². The Morgan fingerprint density at radius 1 is 0.870 bits per heavy atom. The molecule has 0 bridgehead atoms. The monoisotopic (exact) mass is 320 g/mol. The molecule has 0 heterocycles. The molecule has 0 unspecified atom stereocenters. The van der Waals surface area contributed by atoms with Crippen molar-refractivity contribution in [3.8, 4) is 0 Å². The summed E-state index contributed by atoms with van der Waals surface area (Å²) in [5, 5.41) is 5.21. The van der Waals surface area contributed by atoms with Crippen molar-refractivity contribution in [2.75, 3.05) is 10.6 Å². The van der Waals surface area contributed by atoms with Crippen LogP contribution in [0.5, 0.6) is 0 Å². The number of amides is 2. The molecule has 0 aromatic heterocycles. The van der Waals surface area contributed by atoms with Gasteiger partial charge in [0.15, 0.2) is 0 Å². The van der Waals surface area contributed by atoms with Crippen molar-refractivity contribution < 1.29 is 18.0 Å². The zero-order chi connectivity index (χ0) is 16.4. The average Bonchev–Trinajstić information content (AvgIpc) is 2.94. The minimum absolute atomic E-state index is 0.302. The van der Waals surface area contributed by atoms with Crippen molar-refractivity contribution in [1.29, 1.82) is 0 Å². The van der Waals surface area contributed by atoms with E-state index in [1.165, 1.54) is 23.3 Å². The van der Waals surface area contributed by atoms with Crippen molar-refractivity contribution in [2.45, 2.75) is 25.4 Å². The van der Waals surface area contributed by atoms with Gasteiger partial charge in [0.1, 0.15) is 0 Å². The van der Waals surface area contributed by atoms with Crippen LogP contribution < -0.4 is 10.6 Å². The molecule has 0 atom stereocenters. The molecule has 2 amide bonds. The number of anilines is 2. The smallest absolute Gasteiger partial charge is 0.308 e. The molecule has 0 aliphatic heterocycles. The fourth-order valence-corrected chi connectivity index (χ4v) is 2.69. The third kappa shape index (κ3) is 3.64. The molecular formula is C17H15F3N2O. The number of halogens is 3. The van der Waals surface area contributed by atoms with Gasteiger partial charge in [-0.15, -0.1) is 0 Å². The first-order chi connectivity index (χ1) is 10.9. The number of rotatable bonds is 2. The number of nitrogens with one attached hydrogen (secondary N) is 2. The maximum Gasteiger partial charge on any atom is 0.416 e. The molecule has 1 aliphatic rings. The van der Waals surface area contributed by atoms with E-state index < -0.39 is 17.8 Å². The molecule has 3 rings (SSSR count). The fraction of sp³-hybridized carbons (Fsp3) is 0.235. The number of aryl methyl sites for hydroxylation is 2. The largest absolute Gasteiger partial charge is 0.416 e. The molecule has 2 N–H and O–H groups in total. The summed E-state index contributed by atoms with van der Waals surface area (Å²) in [7, 11) is 0. The van der Waals surface area contributed by atoms with Crippen LogP contribution in [0.1, 0.15) is 23.1 Å². The molecule has 3 nitrogen and oxygen atoms in total. The number of carbonyl (C=O) groups is 1. The Hall–Kier alpha value is -2.50. The number of alkyl halides is 3. The molecule has 23 heavy (non-hydrogen) atoms. The van der Waals surface area contributed by atoms with Gasteiger partial charge >= 0.3 is 12.2 Å². The predicted molar refractivity (Wildman–Crippen MR) is 82.6 cm³/mol. The average molecular weight is 320 g/mol. The first-order valence-electron chi connectivity index (χ1n) is 7.29. The summed E-state index contributed by atoms with van der Waals surface area (Å²) in [6, 6.07) is 9.61. The van der Waals surface area contributed by atoms with Gasteiger partial charge in [0.05, 0.1) is 5.56 Å². The second kappa shape index (κ2) is 5.95. The molecule has 0 spiro atoms. The SMILES string of the molecule is O=C(Nc1ccc(C(F)(F)F)cc1)Nc1ccc2c(c1)CCC2. The Bertz CT molecular complexity index is 724. The lowest BCUT2D eigenvalue weighted by molar-refractivity contribution is -0.137. The van der Waals surface area contributed by atoms with Gasteiger partial charge in [0, 0.05) is 11.4 Å². The van der Waals surface area contributed by atoms with Gasteiger partial charge in [-0.1, -0.05) is 6.07 Å². The van der Waals surface area contributed by atoms with E-state index >= 15 is 0 Å². The van der Waals surface area contributed by atoms with E-state index in [0.29, 0.717) is 11.4 Å². The van der Waals surface area contributed by atoms with E-state index in [1.807, 2.05) is 18.2 Å². The summed E-state index contributed by atoms with van der Waals surface area (Å²) < 4.78 is 37.4. The highest BCUT2D eigenvalue weighted by Crippen LogP contribution is 2.30. The molecule has 6 heteroatoms. The number of hydrogen-bond acceptors (Lipinski definition) is 1. The summed E-state index contributed by atoms with van der Waals surface area (Å²) in [5.41, 5.74) is 2.77. The van der Waals surface area contributed by atoms with Crippen LogP contribution in [-0.4, -0.2) is 6.03 Å². The first kappa shape index (κ1) is 15.4. The molecule has 0 saturated heterocycles. The van der Waals surface area contributed by atoms with E-state index in [4.69, 9.17) is 0 Å². The normalized spacial score (nSPS) is 13.5.